The van der Waals surface area contributed by atoms with Gasteiger partial charge in [0.15, 0.2) is 0 Å². The number of benzene rings is 1. The molecule has 11 heteroatoms. The molecular weight excluding hydrogens is 580 g/mol. The maximum Gasteiger partial charge on any atom is 0.411 e. The summed E-state index contributed by atoms with van der Waals surface area (Å²) in [6.07, 6.45) is 9.13. The number of likely N-dealkylation sites (tertiary alicyclic amines) is 1. The van der Waals surface area contributed by atoms with Crippen molar-refractivity contribution in [2.75, 3.05) is 42.8 Å². The summed E-state index contributed by atoms with van der Waals surface area (Å²) in [5, 5.41) is 6.24. The lowest BCUT2D eigenvalue weighted by atomic mass is 9.91. The minimum Gasteiger partial charge on any atom is -0.445 e. The number of nitrogens with one attached hydrogen (secondary N) is 2. The zero-order chi connectivity index (χ0) is 28.2. The van der Waals surface area contributed by atoms with E-state index in [9.17, 15) is 14.4 Å². The molecule has 2 atom stereocenters. The molecule has 0 bridgehead atoms. The van der Waals surface area contributed by atoms with Gasteiger partial charge < -0.3 is 15.4 Å². The highest BCUT2D eigenvalue weighted by molar-refractivity contribution is 7.99. The molecule has 41 heavy (non-hydrogen) atoms. The number of piperidine rings is 1. The van der Waals surface area contributed by atoms with E-state index in [1.165, 1.54) is 60.4 Å². The Morgan fingerprint density at radius 3 is 2.54 bits per heavy atom. The molecule has 2 aliphatic heterocycles. The summed E-state index contributed by atoms with van der Waals surface area (Å²) in [5.41, 5.74) is 1.30. The molecule has 1 aromatic carbocycles. The van der Waals surface area contributed by atoms with Crippen LogP contribution in [0.15, 0.2) is 43.0 Å². The van der Waals surface area contributed by atoms with Crippen LogP contribution in [-0.2, 0) is 20.9 Å². The van der Waals surface area contributed by atoms with Crippen molar-refractivity contribution in [1.29, 1.82) is 0 Å². The second-order valence-electron chi connectivity index (χ2n) is 11.0. The lowest BCUT2D eigenvalue weighted by Gasteiger charge is -2.33. The molecule has 0 radical (unpaired) electrons. The van der Waals surface area contributed by atoms with E-state index in [-0.39, 0.29) is 36.9 Å². The van der Waals surface area contributed by atoms with Crippen LogP contribution in [0.25, 0.3) is 0 Å². The fourth-order valence-electron chi connectivity index (χ4n) is 5.59. The van der Waals surface area contributed by atoms with Crippen molar-refractivity contribution in [2.24, 2.45) is 5.92 Å². The summed E-state index contributed by atoms with van der Waals surface area (Å²) in [6.45, 7) is 6.44. The molecule has 3 amide bonds. The molecule has 1 aromatic rings. The van der Waals surface area contributed by atoms with Gasteiger partial charge in [0, 0.05) is 37.2 Å². The fourth-order valence-corrected chi connectivity index (χ4v) is 8.00. The van der Waals surface area contributed by atoms with Crippen LogP contribution in [0.5, 0.6) is 0 Å². The summed E-state index contributed by atoms with van der Waals surface area (Å²) < 4.78 is 5.17. The van der Waals surface area contributed by atoms with E-state index in [0.717, 1.165) is 38.2 Å². The molecule has 2 saturated heterocycles. The lowest BCUT2D eigenvalue weighted by Crippen LogP contribution is -2.56. The van der Waals surface area contributed by atoms with E-state index in [0.29, 0.717) is 23.3 Å². The number of nitrogens with zero attached hydrogens (tertiary/aromatic N) is 2. The number of hydrogen-bond donors (Lipinski definition) is 2. The van der Waals surface area contributed by atoms with Gasteiger partial charge in [0.05, 0.1) is 5.88 Å². The van der Waals surface area contributed by atoms with Gasteiger partial charge in [-0.15, -0.1) is 24.2 Å². The van der Waals surface area contributed by atoms with Gasteiger partial charge >= 0.3 is 6.09 Å². The molecule has 1 aliphatic carbocycles. The fraction of sp³-hybridized carbons (Fsp3) is 0.633. The van der Waals surface area contributed by atoms with E-state index in [1.807, 2.05) is 6.07 Å². The first kappa shape index (κ1) is 33.6. The smallest absolute Gasteiger partial charge is 0.411 e. The normalized spacial score (nSPS) is 21.0. The Labute approximate surface area is 259 Å². The minimum atomic E-state index is -0.651. The van der Waals surface area contributed by atoms with Crippen molar-refractivity contribution in [3.63, 3.8) is 0 Å². The molecule has 4 rings (SSSR count). The number of amides is 3. The second kappa shape index (κ2) is 17.9. The first-order valence-electron chi connectivity index (χ1n) is 14.6. The predicted octanol–water partition coefficient (Wildman–Crippen LogP) is 4.68. The molecule has 0 unspecified atom stereocenters. The monoisotopic (exact) mass is 624 g/mol. The van der Waals surface area contributed by atoms with Gasteiger partial charge in [0.1, 0.15) is 18.7 Å². The van der Waals surface area contributed by atoms with E-state index < -0.39 is 18.2 Å². The van der Waals surface area contributed by atoms with Crippen LogP contribution in [0.3, 0.4) is 0 Å². The average Bonchev–Trinajstić information content (AvgIpc) is 3.48. The quantitative estimate of drug-likeness (QED) is 0.326. The van der Waals surface area contributed by atoms with Crippen LogP contribution in [0.2, 0.25) is 0 Å². The average molecular weight is 625 g/mol. The van der Waals surface area contributed by atoms with E-state index in [1.54, 1.807) is 11.8 Å². The van der Waals surface area contributed by atoms with E-state index in [4.69, 9.17) is 4.74 Å². The zero-order valence-electron chi connectivity index (χ0n) is 23.8. The molecule has 0 aromatic heterocycles. The summed E-state index contributed by atoms with van der Waals surface area (Å²) in [5.74, 6) is 2.68. The maximum atomic E-state index is 13.5. The molecule has 3 fully saturated rings. The molecule has 228 valence electrons. The summed E-state index contributed by atoms with van der Waals surface area (Å²) in [4.78, 5) is 43.2. The van der Waals surface area contributed by atoms with Gasteiger partial charge in [0.2, 0.25) is 11.8 Å². The largest absolute Gasteiger partial charge is 0.445 e. The Morgan fingerprint density at radius 2 is 1.83 bits per heavy atom. The zero-order valence-corrected chi connectivity index (χ0v) is 26.3. The van der Waals surface area contributed by atoms with Gasteiger partial charge in [-0.05, 0) is 42.9 Å². The van der Waals surface area contributed by atoms with Gasteiger partial charge in [-0.25, -0.2) is 4.79 Å². The number of halogens is 1. The number of hydrogen-bond acceptors (Lipinski definition) is 7. The number of thioether (sulfide) groups is 2. The molecular formula is C30H45ClN4O4S2. The highest BCUT2D eigenvalue weighted by Gasteiger charge is 2.37. The van der Waals surface area contributed by atoms with E-state index in [2.05, 4.69) is 46.4 Å². The molecule has 8 nitrogen and oxygen atoms in total. The topological polar surface area (TPSA) is 91.0 Å². The lowest BCUT2D eigenvalue weighted by molar-refractivity contribution is -0.130. The third-order valence-corrected chi connectivity index (χ3v) is 10.2. The van der Waals surface area contributed by atoms with Crippen molar-refractivity contribution in [3.05, 3.63) is 48.6 Å². The first-order valence-corrected chi connectivity index (χ1v) is 16.9. The Kier molecular flexibility index (Phi) is 14.7. The van der Waals surface area contributed by atoms with Crippen LogP contribution < -0.4 is 10.6 Å². The van der Waals surface area contributed by atoms with Crippen LogP contribution in [0.1, 0.15) is 50.5 Å². The Bertz CT molecular complexity index is 974. The van der Waals surface area contributed by atoms with Crippen molar-refractivity contribution in [1.82, 2.24) is 20.4 Å². The number of ether oxygens (including phenoxy) is 1. The summed E-state index contributed by atoms with van der Waals surface area (Å²) in [6, 6.07) is 9.26. The number of carbonyl (C=O) groups is 3. The van der Waals surface area contributed by atoms with E-state index >= 15 is 0 Å². The van der Waals surface area contributed by atoms with Crippen LogP contribution in [0.4, 0.5) is 4.79 Å². The Balaban J connectivity index is 0.00000462. The molecule has 2 N–H and O–H groups in total. The van der Waals surface area contributed by atoms with Gasteiger partial charge in [0.25, 0.3) is 0 Å². The predicted molar refractivity (Wildman–Crippen MR) is 170 cm³/mol. The number of carbonyl (C=O) groups excluding carboxylic acids is 3. The van der Waals surface area contributed by atoms with Crippen LogP contribution in [0, 0.1) is 5.92 Å². The van der Waals surface area contributed by atoms with Crippen molar-refractivity contribution in [2.45, 2.75) is 69.6 Å². The van der Waals surface area contributed by atoms with Crippen LogP contribution >= 0.6 is 35.9 Å². The van der Waals surface area contributed by atoms with Gasteiger partial charge in [-0.2, -0.15) is 11.8 Å². The van der Waals surface area contributed by atoms with Gasteiger partial charge in [-0.3, -0.25) is 19.4 Å². The van der Waals surface area contributed by atoms with Crippen LogP contribution in [-0.4, -0.2) is 88.7 Å². The third kappa shape index (κ3) is 10.7. The van der Waals surface area contributed by atoms with Crippen molar-refractivity contribution >= 4 is 53.8 Å². The second-order valence-corrected chi connectivity index (χ2v) is 13.1. The molecule has 0 spiro atoms. The Morgan fingerprint density at radius 1 is 1.10 bits per heavy atom. The minimum absolute atomic E-state index is 0. The third-order valence-electron chi connectivity index (χ3n) is 7.92. The number of rotatable bonds is 12. The Hall–Kier alpha value is -1.88. The van der Waals surface area contributed by atoms with Crippen molar-refractivity contribution in [3.8, 4) is 0 Å². The maximum absolute atomic E-state index is 13.5. The summed E-state index contributed by atoms with van der Waals surface area (Å²) >= 11 is 3.27. The molecule has 2 heterocycles. The highest BCUT2D eigenvalue weighted by Crippen LogP contribution is 2.27. The SMILES string of the molecule is C=CCOC(=O)N1CSC[C@H]1C(=O)N[C@@H](CSCC1CCCCC1)C(=O)NC1CCN(Cc2ccccc2)CC1.Cl. The standard InChI is InChI=1S/C30H44N4O4S2.ClH/c1-2-17-38-30(37)34-22-40-21-27(34)29(36)32-26(20-39-19-24-11-7-4-8-12-24)28(35)31-25-13-15-33(16-14-25)18-23-9-5-3-6-10-23;/h2-3,5-6,9-10,24-27H,1,4,7-8,11-22H2,(H,31,35)(H,32,36);1H/t26-,27-;/m0./s1. The molecule has 1 saturated carbocycles. The van der Waals surface area contributed by atoms with Gasteiger partial charge in [-0.1, -0.05) is 62.2 Å². The molecule has 3 aliphatic rings. The first-order chi connectivity index (χ1) is 19.5. The highest BCUT2D eigenvalue weighted by atomic mass is 35.5. The summed E-state index contributed by atoms with van der Waals surface area (Å²) in [7, 11) is 0. The van der Waals surface area contributed by atoms with Crippen molar-refractivity contribution < 1.29 is 19.1 Å².